The summed E-state index contributed by atoms with van der Waals surface area (Å²) in [5, 5.41) is 0. The maximum atomic E-state index is 4.94. The highest BCUT2D eigenvalue weighted by atomic mass is 14.9. The molecule has 1 aromatic heterocycles. The third-order valence-corrected chi connectivity index (χ3v) is 5.49. The van der Waals surface area contributed by atoms with Crippen LogP contribution in [0, 0.1) is 11.8 Å². The van der Waals surface area contributed by atoms with E-state index in [2.05, 4.69) is 24.3 Å². The summed E-state index contributed by atoms with van der Waals surface area (Å²) in [4.78, 5) is 9.87. The summed E-state index contributed by atoms with van der Waals surface area (Å²) in [6.07, 6.45) is 5.62. The maximum absolute atomic E-state index is 4.94. The predicted octanol–water partition coefficient (Wildman–Crippen LogP) is 3.63. The molecular formula is C16H16N2. The fraction of sp³-hybridized carbons (Fsp3) is 0.500. The molecule has 2 saturated carbocycles. The van der Waals surface area contributed by atoms with Crippen molar-refractivity contribution < 1.29 is 0 Å². The highest BCUT2D eigenvalue weighted by Gasteiger charge is 2.54. The van der Waals surface area contributed by atoms with Crippen molar-refractivity contribution in [2.75, 3.05) is 0 Å². The Labute approximate surface area is 106 Å². The topological polar surface area (TPSA) is 25.8 Å². The second-order valence-electron chi connectivity index (χ2n) is 6.19. The molecule has 2 fully saturated rings. The van der Waals surface area contributed by atoms with Crippen LogP contribution in [-0.4, -0.2) is 9.97 Å². The van der Waals surface area contributed by atoms with E-state index in [1.165, 1.54) is 37.1 Å². The van der Waals surface area contributed by atoms with Crippen molar-refractivity contribution in [2.24, 2.45) is 11.8 Å². The molecule has 0 spiro atoms. The van der Waals surface area contributed by atoms with Gasteiger partial charge in [-0.05, 0) is 43.2 Å². The van der Waals surface area contributed by atoms with Gasteiger partial charge in [0.15, 0.2) is 0 Å². The van der Waals surface area contributed by atoms with Crippen LogP contribution in [0.3, 0.4) is 0 Å². The monoisotopic (exact) mass is 236 g/mol. The molecule has 0 amide bonds. The molecule has 2 nitrogen and oxygen atoms in total. The SMILES string of the molecule is c1ccc2nc3c(nc2c1)[C@H]1C[C@@H]3[C@@H]2CCC[C@@H]21. The van der Waals surface area contributed by atoms with Crippen LogP contribution in [0.2, 0.25) is 0 Å². The lowest BCUT2D eigenvalue weighted by molar-refractivity contribution is 0.372. The number of nitrogens with zero attached hydrogens (tertiary/aromatic N) is 2. The standard InChI is InChI=1S/C16H16N2/c1-2-7-14-13(6-1)17-15-11-8-12(16(15)18-14)10-5-3-4-9(10)11/h1-2,6-7,9-12H,3-5,8H2/t9-,10+,11-,12+. The Balaban J connectivity index is 1.77. The third-order valence-electron chi connectivity index (χ3n) is 5.49. The minimum absolute atomic E-state index is 0.731. The molecule has 90 valence electrons. The van der Waals surface area contributed by atoms with Crippen molar-refractivity contribution in [3.8, 4) is 0 Å². The number of para-hydroxylation sites is 2. The van der Waals surface area contributed by atoms with E-state index in [9.17, 15) is 0 Å². The Bertz CT molecular complexity index is 594. The first-order valence-corrected chi connectivity index (χ1v) is 7.18. The fourth-order valence-corrected chi connectivity index (χ4v) is 4.84. The lowest BCUT2D eigenvalue weighted by Crippen LogP contribution is -2.19. The molecule has 1 aromatic carbocycles. The number of fused-ring (bicyclic) bond motifs is 9. The molecule has 3 aliphatic rings. The van der Waals surface area contributed by atoms with Crippen LogP contribution in [0.1, 0.15) is 48.9 Å². The average Bonchev–Trinajstić information content (AvgIpc) is 3.07. The lowest BCUT2D eigenvalue weighted by atomic mass is 9.82. The molecule has 2 heteroatoms. The number of hydrogen-bond donors (Lipinski definition) is 0. The van der Waals surface area contributed by atoms with Crippen molar-refractivity contribution in [1.82, 2.24) is 9.97 Å². The second kappa shape index (κ2) is 3.11. The molecule has 1 heterocycles. The van der Waals surface area contributed by atoms with Gasteiger partial charge < -0.3 is 0 Å². The zero-order valence-corrected chi connectivity index (χ0v) is 10.3. The Hall–Kier alpha value is -1.44. The maximum Gasteiger partial charge on any atom is 0.0890 e. The Morgan fingerprint density at radius 2 is 1.39 bits per heavy atom. The summed E-state index contributed by atoms with van der Waals surface area (Å²) < 4.78 is 0. The van der Waals surface area contributed by atoms with Crippen LogP contribution in [-0.2, 0) is 0 Å². The van der Waals surface area contributed by atoms with Gasteiger partial charge in [-0.1, -0.05) is 18.6 Å². The van der Waals surface area contributed by atoms with Crippen molar-refractivity contribution in [2.45, 2.75) is 37.5 Å². The van der Waals surface area contributed by atoms with Crippen molar-refractivity contribution >= 4 is 11.0 Å². The highest BCUT2D eigenvalue weighted by Crippen LogP contribution is 2.63. The summed E-state index contributed by atoms with van der Waals surface area (Å²) in [7, 11) is 0. The van der Waals surface area contributed by atoms with Crippen LogP contribution in [0.5, 0.6) is 0 Å². The van der Waals surface area contributed by atoms with E-state index < -0.39 is 0 Å². The minimum atomic E-state index is 0.731. The van der Waals surface area contributed by atoms with E-state index in [-0.39, 0.29) is 0 Å². The molecule has 2 bridgehead atoms. The van der Waals surface area contributed by atoms with Gasteiger partial charge in [-0.15, -0.1) is 0 Å². The van der Waals surface area contributed by atoms with Gasteiger partial charge >= 0.3 is 0 Å². The molecule has 5 rings (SSSR count). The molecule has 0 aliphatic heterocycles. The van der Waals surface area contributed by atoms with Gasteiger partial charge in [-0.25, -0.2) is 9.97 Å². The van der Waals surface area contributed by atoms with Crippen LogP contribution in [0.15, 0.2) is 24.3 Å². The summed E-state index contributed by atoms with van der Waals surface area (Å²) in [5.74, 6) is 3.32. The summed E-state index contributed by atoms with van der Waals surface area (Å²) in [6.45, 7) is 0. The molecule has 3 aliphatic carbocycles. The molecule has 2 aromatic rings. The highest BCUT2D eigenvalue weighted by molar-refractivity contribution is 5.74. The van der Waals surface area contributed by atoms with Crippen LogP contribution in [0.25, 0.3) is 11.0 Å². The molecule has 0 saturated heterocycles. The molecule has 0 radical (unpaired) electrons. The largest absolute Gasteiger partial charge is 0.249 e. The van der Waals surface area contributed by atoms with Crippen LogP contribution >= 0.6 is 0 Å². The van der Waals surface area contributed by atoms with Crippen LogP contribution in [0.4, 0.5) is 0 Å². The minimum Gasteiger partial charge on any atom is -0.249 e. The predicted molar refractivity (Wildman–Crippen MR) is 70.5 cm³/mol. The van der Waals surface area contributed by atoms with Gasteiger partial charge in [0, 0.05) is 11.8 Å². The number of benzene rings is 1. The molecular weight excluding hydrogens is 220 g/mol. The lowest BCUT2D eigenvalue weighted by Gasteiger charge is -2.25. The first-order valence-electron chi connectivity index (χ1n) is 7.18. The summed E-state index contributed by atoms with van der Waals surface area (Å²) in [6, 6.07) is 8.32. The molecule has 0 N–H and O–H groups in total. The van der Waals surface area contributed by atoms with Gasteiger partial charge in [-0.3, -0.25) is 0 Å². The molecule has 0 unspecified atom stereocenters. The second-order valence-corrected chi connectivity index (χ2v) is 6.19. The van der Waals surface area contributed by atoms with Gasteiger partial charge in [0.05, 0.1) is 22.4 Å². The van der Waals surface area contributed by atoms with Gasteiger partial charge in [-0.2, -0.15) is 0 Å². The van der Waals surface area contributed by atoms with E-state index in [1.807, 2.05) is 0 Å². The third kappa shape index (κ3) is 1.01. The Morgan fingerprint density at radius 1 is 0.833 bits per heavy atom. The van der Waals surface area contributed by atoms with E-state index in [4.69, 9.17) is 9.97 Å². The average molecular weight is 236 g/mol. The number of aromatic nitrogens is 2. The fourth-order valence-electron chi connectivity index (χ4n) is 4.84. The van der Waals surface area contributed by atoms with Gasteiger partial charge in [0.2, 0.25) is 0 Å². The van der Waals surface area contributed by atoms with Gasteiger partial charge in [0.25, 0.3) is 0 Å². The number of hydrogen-bond acceptors (Lipinski definition) is 2. The smallest absolute Gasteiger partial charge is 0.0890 e. The Kier molecular flexibility index (Phi) is 1.64. The van der Waals surface area contributed by atoms with Crippen molar-refractivity contribution in [3.05, 3.63) is 35.7 Å². The first-order chi connectivity index (χ1) is 8.92. The van der Waals surface area contributed by atoms with E-state index in [0.29, 0.717) is 0 Å². The summed E-state index contributed by atoms with van der Waals surface area (Å²) >= 11 is 0. The van der Waals surface area contributed by atoms with E-state index >= 15 is 0 Å². The van der Waals surface area contributed by atoms with Crippen LogP contribution < -0.4 is 0 Å². The summed E-state index contributed by atoms with van der Waals surface area (Å²) in [5.41, 5.74) is 4.86. The first kappa shape index (κ1) is 9.48. The molecule has 4 atom stereocenters. The van der Waals surface area contributed by atoms with Crippen molar-refractivity contribution in [3.63, 3.8) is 0 Å². The zero-order chi connectivity index (χ0) is 11.7. The normalized spacial score (nSPS) is 36.0. The van der Waals surface area contributed by atoms with Gasteiger partial charge in [0.1, 0.15) is 0 Å². The number of rotatable bonds is 0. The van der Waals surface area contributed by atoms with E-state index in [1.54, 1.807) is 0 Å². The van der Waals surface area contributed by atoms with Crippen molar-refractivity contribution in [1.29, 1.82) is 0 Å². The Morgan fingerprint density at radius 3 is 1.94 bits per heavy atom. The zero-order valence-electron chi connectivity index (χ0n) is 10.3. The van der Waals surface area contributed by atoms with E-state index in [0.717, 1.165) is 34.7 Å². The quantitative estimate of drug-likeness (QED) is 0.698. The molecule has 18 heavy (non-hydrogen) atoms.